The van der Waals surface area contributed by atoms with E-state index in [-0.39, 0.29) is 37.6 Å². The summed E-state index contributed by atoms with van der Waals surface area (Å²) in [6, 6.07) is 19.5. The lowest BCUT2D eigenvalue weighted by molar-refractivity contribution is 0.00794. The molecule has 0 amide bonds. The lowest BCUT2D eigenvalue weighted by Gasteiger charge is -2.16. The maximum Gasteiger partial charge on any atom is 0.193 e. The van der Waals surface area contributed by atoms with Crippen molar-refractivity contribution in [1.29, 1.82) is 0 Å². The Kier molecular flexibility index (Phi) is 6.52. The van der Waals surface area contributed by atoms with E-state index < -0.39 is 6.10 Å². The first kappa shape index (κ1) is 24.2. The second kappa shape index (κ2) is 9.96. The molecule has 6 rings (SSSR count). The number of rotatable bonds is 7. The number of ether oxygens (including phenoxy) is 4. The number of hydrogen-bond acceptors (Lipinski definition) is 7. The van der Waals surface area contributed by atoms with E-state index in [1.165, 1.54) is 0 Å². The number of H-pyrrole nitrogens is 1. The van der Waals surface area contributed by atoms with Gasteiger partial charge in [0.1, 0.15) is 30.2 Å². The molecule has 2 aromatic carbocycles. The molecular formula is C28H27ClN2O6. The first-order chi connectivity index (χ1) is 18.0. The zero-order chi connectivity index (χ0) is 25.5. The Morgan fingerprint density at radius 3 is 2.41 bits per heavy atom. The van der Waals surface area contributed by atoms with Crippen molar-refractivity contribution in [1.82, 2.24) is 9.97 Å². The van der Waals surface area contributed by atoms with Crippen molar-refractivity contribution in [2.75, 3.05) is 19.8 Å². The summed E-state index contributed by atoms with van der Waals surface area (Å²) >= 11 is 6.61. The highest BCUT2D eigenvalue weighted by molar-refractivity contribution is 6.33. The van der Waals surface area contributed by atoms with E-state index >= 15 is 0 Å². The standard InChI is InChI=1S/C28H27ClN2O6/c1-15(12-32)36-19-8-6-17(7-9-19)16-2-4-18(5-3-16)26-20(29)10-21-22(31-26)11-25(30-21)37-24-14-35-27-23(33)13-34-28(24)27/h2-11,15,23-24,27-28,30,32-33H,12-14H2,1H3/t15?,23-,24-,27-,28?/m1/s1. The van der Waals surface area contributed by atoms with Gasteiger partial charge in [0, 0.05) is 11.6 Å². The number of benzene rings is 2. The van der Waals surface area contributed by atoms with Crippen LogP contribution in [-0.2, 0) is 9.47 Å². The molecule has 4 aromatic rings. The quantitative estimate of drug-likeness (QED) is 0.334. The summed E-state index contributed by atoms with van der Waals surface area (Å²) < 4.78 is 23.0. The Balaban J connectivity index is 1.19. The number of aromatic amines is 1. The fraction of sp³-hybridized carbons (Fsp3) is 0.321. The third kappa shape index (κ3) is 4.79. The molecule has 2 aromatic heterocycles. The van der Waals surface area contributed by atoms with Gasteiger partial charge in [-0.2, -0.15) is 0 Å². The minimum atomic E-state index is -0.621. The van der Waals surface area contributed by atoms with Gasteiger partial charge in [-0.05, 0) is 36.2 Å². The van der Waals surface area contributed by atoms with Gasteiger partial charge in [0.25, 0.3) is 0 Å². The molecule has 2 fully saturated rings. The second-order valence-corrected chi connectivity index (χ2v) is 9.82. The van der Waals surface area contributed by atoms with Gasteiger partial charge in [0.2, 0.25) is 0 Å². The topological polar surface area (TPSA) is 106 Å². The van der Waals surface area contributed by atoms with E-state index in [4.69, 9.17) is 40.6 Å². The minimum Gasteiger partial charge on any atom is -0.488 e. The molecule has 2 saturated heterocycles. The molecule has 9 heteroatoms. The zero-order valence-corrected chi connectivity index (χ0v) is 20.9. The lowest BCUT2D eigenvalue weighted by Crippen LogP contribution is -2.34. The number of aliphatic hydroxyl groups is 2. The zero-order valence-electron chi connectivity index (χ0n) is 20.1. The number of pyridine rings is 1. The Morgan fingerprint density at radius 1 is 1.00 bits per heavy atom. The summed E-state index contributed by atoms with van der Waals surface area (Å²) in [6.45, 7) is 2.40. The first-order valence-corrected chi connectivity index (χ1v) is 12.6. The molecule has 0 radical (unpaired) electrons. The molecule has 0 saturated carbocycles. The number of nitrogens with one attached hydrogen (secondary N) is 1. The van der Waals surface area contributed by atoms with Crippen LogP contribution in [0, 0.1) is 0 Å². The van der Waals surface area contributed by atoms with E-state index in [1.54, 1.807) is 0 Å². The molecule has 2 aliphatic heterocycles. The van der Waals surface area contributed by atoms with Crippen molar-refractivity contribution in [3.63, 3.8) is 0 Å². The van der Waals surface area contributed by atoms with Crippen LogP contribution in [0.1, 0.15) is 6.92 Å². The molecule has 3 N–H and O–H groups in total. The van der Waals surface area contributed by atoms with Crippen LogP contribution in [-0.4, -0.2) is 70.5 Å². The van der Waals surface area contributed by atoms with Crippen LogP contribution in [0.15, 0.2) is 60.7 Å². The summed E-state index contributed by atoms with van der Waals surface area (Å²) in [5, 5.41) is 19.6. The molecule has 0 aliphatic carbocycles. The van der Waals surface area contributed by atoms with Gasteiger partial charge in [-0.1, -0.05) is 48.0 Å². The third-order valence-corrected chi connectivity index (χ3v) is 7.02. The second-order valence-electron chi connectivity index (χ2n) is 9.42. The lowest BCUT2D eigenvalue weighted by atomic mass is 10.0. The average molecular weight is 523 g/mol. The van der Waals surface area contributed by atoms with E-state index in [9.17, 15) is 5.11 Å². The van der Waals surface area contributed by atoms with E-state index in [2.05, 4.69) is 4.98 Å². The largest absolute Gasteiger partial charge is 0.488 e. The number of aliphatic hydroxyl groups excluding tert-OH is 2. The van der Waals surface area contributed by atoms with Crippen molar-refractivity contribution in [2.45, 2.75) is 37.4 Å². The predicted octanol–water partition coefficient (Wildman–Crippen LogP) is 4.22. The first-order valence-electron chi connectivity index (χ1n) is 12.2. The van der Waals surface area contributed by atoms with Gasteiger partial charge in [0.15, 0.2) is 12.0 Å². The van der Waals surface area contributed by atoms with Crippen molar-refractivity contribution < 1.29 is 29.2 Å². The maximum atomic E-state index is 9.95. The van der Waals surface area contributed by atoms with Crippen LogP contribution in [0.2, 0.25) is 5.02 Å². The molecule has 0 spiro atoms. The maximum absolute atomic E-state index is 9.95. The Hall–Kier alpha value is -3.14. The molecule has 2 aliphatic rings. The third-order valence-electron chi connectivity index (χ3n) is 6.73. The normalized spacial score (nSPS) is 23.8. The van der Waals surface area contributed by atoms with Crippen molar-refractivity contribution in [3.05, 3.63) is 65.7 Å². The van der Waals surface area contributed by atoms with Crippen LogP contribution in [0.4, 0.5) is 0 Å². The van der Waals surface area contributed by atoms with Crippen LogP contribution >= 0.6 is 11.6 Å². The smallest absolute Gasteiger partial charge is 0.193 e. The van der Waals surface area contributed by atoms with Crippen molar-refractivity contribution >= 4 is 22.6 Å². The average Bonchev–Trinajstić information content (AvgIpc) is 3.60. The van der Waals surface area contributed by atoms with Crippen LogP contribution in [0.3, 0.4) is 0 Å². The number of hydrogen-bond donors (Lipinski definition) is 3. The number of aromatic nitrogens is 2. The fourth-order valence-electron chi connectivity index (χ4n) is 4.80. The monoisotopic (exact) mass is 522 g/mol. The number of nitrogens with zero attached hydrogens (tertiary/aromatic N) is 1. The van der Waals surface area contributed by atoms with Crippen molar-refractivity contribution in [2.24, 2.45) is 0 Å². The number of fused-ring (bicyclic) bond motifs is 2. The van der Waals surface area contributed by atoms with E-state index in [0.29, 0.717) is 23.2 Å². The van der Waals surface area contributed by atoms with Gasteiger partial charge >= 0.3 is 0 Å². The summed E-state index contributed by atoms with van der Waals surface area (Å²) in [4.78, 5) is 8.00. The minimum absolute atomic E-state index is 0.0287. The summed E-state index contributed by atoms with van der Waals surface area (Å²) in [5.41, 5.74) is 5.18. The summed E-state index contributed by atoms with van der Waals surface area (Å²) in [7, 11) is 0. The molecule has 4 heterocycles. The fourth-order valence-corrected chi connectivity index (χ4v) is 5.06. The van der Waals surface area contributed by atoms with E-state index in [0.717, 1.165) is 33.5 Å². The molecule has 37 heavy (non-hydrogen) atoms. The summed E-state index contributed by atoms with van der Waals surface area (Å²) in [5.74, 6) is 1.26. The molecular weight excluding hydrogens is 496 g/mol. The van der Waals surface area contributed by atoms with Gasteiger partial charge in [0.05, 0.1) is 41.6 Å². The molecule has 192 valence electrons. The Bertz CT molecular complexity index is 1390. The Labute approximate surface area is 218 Å². The highest BCUT2D eigenvalue weighted by atomic mass is 35.5. The van der Waals surface area contributed by atoms with Crippen LogP contribution in [0.25, 0.3) is 33.4 Å². The van der Waals surface area contributed by atoms with Gasteiger partial charge in [-0.25, -0.2) is 4.98 Å². The van der Waals surface area contributed by atoms with Crippen molar-refractivity contribution in [3.8, 4) is 34.0 Å². The van der Waals surface area contributed by atoms with E-state index in [1.807, 2.05) is 67.6 Å². The number of halogens is 1. The predicted molar refractivity (Wildman–Crippen MR) is 139 cm³/mol. The highest BCUT2D eigenvalue weighted by Gasteiger charge is 2.48. The van der Waals surface area contributed by atoms with Crippen LogP contribution < -0.4 is 9.47 Å². The van der Waals surface area contributed by atoms with Gasteiger partial charge in [-0.15, -0.1) is 0 Å². The molecule has 2 unspecified atom stereocenters. The van der Waals surface area contributed by atoms with Crippen LogP contribution in [0.5, 0.6) is 11.6 Å². The molecule has 5 atom stereocenters. The Morgan fingerprint density at radius 2 is 1.68 bits per heavy atom. The van der Waals surface area contributed by atoms with Gasteiger partial charge < -0.3 is 34.1 Å². The SMILES string of the molecule is CC(CO)Oc1ccc(-c2ccc(-c3nc4cc(O[C@@H]5CO[C@H]6C5OC[C@H]6O)[nH]c4cc3Cl)cc2)cc1. The molecule has 8 nitrogen and oxygen atoms in total. The highest BCUT2D eigenvalue weighted by Crippen LogP contribution is 2.34. The summed E-state index contributed by atoms with van der Waals surface area (Å²) in [6.07, 6.45) is -1.82. The van der Waals surface area contributed by atoms with Gasteiger partial charge in [-0.3, -0.25) is 0 Å². The molecule has 0 bridgehead atoms.